The topological polar surface area (TPSA) is 72.6 Å². The van der Waals surface area contributed by atoms with Crippen molar-refractivity contribution in [3.63, 3.8) is 0 Å². The SMILES string of the molecule is CCOc1c(N)cc(S(=O)(=O)c2ccc(C)cc2)cc1N(CC)CC. The molecule has 0 unspecified atom stereocenters. The first kappa shape index (κ1) is 19.1. The first-order valence-electron chi connectivity index (χ1n) is 8.48. The molecule has 0 saturated carbocycles. The Morgan fingerprint density at radius 1 is 1.00 bits per heavy atom. The van der Waals surface area contributed by atoms with Gasteiger partial charge in [-0.3, -0.25) is 0 Å². The van der Waals surface area contributed by atoms with Gasteiger partial charge >= 0.3 is 0 Å². The van der Waals surface area contributed by atoms with Crippen LogP contribution in [0.25, 0.3) is 0 Å². The van der Waals surface area contributed by atoms with E-state index in [0.29, 0.717) is 23.7 Å². The summed E-state index contributed by atoms with van der Waals surface area (Å²) in [6.07, 6.45) is 0. The molecule has 0 aliphatic carbocycles. The second-order valence-electron chi connectivity index (χ2n) is 5.78. The number of sulfone groups is 1. The summed E-state index contributed by atoms with van der Waals surface area (Å²) in [6, 6.07) is 9.95. The predicted molar refractivity (Wildman–Crippen MR) is 102 cm³/mol. The van der Waals surface area contributed by atoms with Crippen LogP contribution in [0.5, 0.6) is 5.75 Å². The lowest BCUT2D eigenvalue weighted by Gasteiger charge is -2.25. The molecule has 0 heterocycles. The molecule has 2 aromatic rings. The maximum absolute atomic E-state index is 13.0. The van der Waals surface area contributed by atoms with Crippen LogP contribution in [0.1, 0.15) is 26.3 Å². The Morgan fingerprint density at radius 2 is 1.60 bits per heavy atom. The highest BCUT2D eigenvalue weighted by molar-refractivity contribution is 7.91. The van der Waals surface area contributed by atoms with Crippen molar-refractivity contribution in [3.8, 4) is 5.75 Å². The van der Waals surface area contributed by atoms with Gasteiger partial charge in [0.25, 0.3) is 0 Å². The Morgan fingerprint density at radius 3 is 2.12 bits per heavy atom. The van der Waals surface area contributed by atoms with Gasteiger partial charge in [0.15, 0.2) is 5.75 Å². The molecule has 0 aromatic heterocycles. The van der Waals surface area contributed by atoms with Crippen molar-refractivity contribution in [1.29, 1.82) is 0 Å². The van der Waals surface area contributed by atoms with Gasteiger partial charge in [-0.2, -0.15) is 0 Å². The van der Waals surface area contributed by atoms with Crippen molar-refractivity contribution in [2.45, 2.75) is 37.5 Å². The molecule has 0 atom stereocenters. The van der Waals surface area contributed by atoms with Crippen LogP contribution in [0.2, 0.25) is 0 Å². The van der Waals surface area contributed by atoms with Crippen molar-refractivity contribution in [3.05, 3.63) is 42.0 Å². The molecular formula is C19H26N2O3S. The number of anilines is 2. The molecular weight excluding hydrogens is 336 g/mol. The van der Waals surface area contributed by atoms with E-state index in [1.165, 1.54) is 6.07 Å². The highest BCUT2D eigenvalue weighted by atomic mass is 32.2. The zero-order chi connectivity index (χ0) is 18.6. The van der Waals surface area contributed by atoms with Gasteiger partial charge < -0.3 is 15.4 Å². The average molecular weight is 362 g/mol. The third kappa shape index (κ3) is 3.90. The quantitative estimate of drug-likeness (QED) is 0.761. The van der Waals surface area contributed by atoms with Crippen LogP contribution in [-0.4, -0.2) is 28.1 Å². The third-order valence-electron chi connectivity index (χ3n) is 4.11. The zero-order valence-electron chi connectivity index (χ0n) is 15.2. The maximum Gasteiger partial charge on any atom is 0.206 e. The Kier molecular flexibility index (Phi) is 5.95. The fourth-order valence-corrected chi connectivity index (χ4v) is 4.03. The fourth-order valence-electron chi connectivity index (χ4n) is 2.72. The van der Waals surface area contributed by atoms with Crippen molar-refractivity contribution < 1.29 is 13.2 Å². The molecule has 5 nitrogen and oxygen atoms in total. The largest absolute Gasteiger partial charge is 0.490 e. The lowest BCUT2D eigenvalue weighted by molar-refractivity contribution is 0.342. The standard InChI is InChI=1S/C19H26N2O3S/c1-5-21(6-2)18-13-16(12-17(20)19(18)24-7-3)25(22,23)15-10-8-14(4)9-11-15/h8-13H,5-7,20H2,1-4H3. The fraction of sp³-hybridized carbons (Fsp3) is 0.368. The summed E-state index contributed by atoms with van der Waals surface area (Å²) in [7, 11) is -3.64. The lowest BCUT2D eigenvalue weighted by Crippen LogP contribution is -2.23. The van der Waals surface area contributed by atoms with E-state index in [4.69, 9.17) is 10.5 Å². The van der Waals surface area contributed by atoms with Crippen molar-refractivity contribution in [2.24, 2.45) is 0 Å². The van der Waals surface area contributed by atoms with Gasteiger partial charge in [-0.25, -0.2) is 8.42 Å². The summed E-state index contributed by atoms with van der Waals surface area (Å²) in [4.78, 5) is 2.47. The van der Waals surface area contributed by atoms with Crippen LogP contribution in [0, 0.1) is 6.92 Å². The van der Waals surface area contributed by atoms with Crippen LogP contribution >= 0.6 is 0 Å². The van der Waals surface area contributed by atoms with E-state index >= 15 is 0 Å². The van der Waals surface area contributed by atoms with Gasteiger partial charge in [0, 0.05) is 13.1 Å². The third-order valence-corrected chi connectivity index (χ3v) is 5.86. The summed E-state index contributed by atoms with van der Waals surface area (Å²) in [5, 5.41) is 0. The van der Waals surface area contributed by atoms with E-state index < -0.39 is 9.84 Å². The summed E-state index contributed by atoms with van der Waals surface area (Å²) in [5.74, 6) is 0.536. The molecule has 0 fully saturated rings. The molecule has 6 heteroatoms. The van der Waals surface area contributed by atoms with E-state index in [1.807, 2.05) is 32.6 Å². The van der Waals surface area contributed by atoms with Crippen LogP contribution in [0.3, 0.4) is 0 Å². The molecule has 0 aliphatic rings. The molecule has 0 aliphatic heterocycles. The molecule has 25 heavy (non-hydrogen) atoms. The van der Waals surface area contributed by atoms with Gasteiger partial charge in [0.1, 0.15) is 0 Å². The number of aryl methyl sites for hydroxylation is 1. The van der Waals surface area contributed by atoms with E-state index in [-0.39, 0.29) is 9.79 Å². The summed E-state index contributed by atoms with van der Waals surface area (Å²) in [6.45, 7) is 9.73. The highest BCUT2D eigenvalue weighted by Gasteiger charge is 2.23. The Labute approximate surface area is 150 Å². The van der Waals surface area contributed by atoms with E-state index in [0.717, 1.165) is 18.7 Å². The Hall–Kier alpha value is -2.21. The summed E-state index contributed by atoms with van der Waals surface area (Å²) >= 11 is 0. The second-order valence-corrected chi connectivity index (χ2v) is 7.73. The lowest BCUT2D eigenvalue weighted by atomic mass is 10.2. The van der Waals surface area contributed by atoms with Crippen LogP contribution in [0.15, 0.2) is 46.2 Å². The van der Waals surface area contributed by atoms with Crippen molar-refractivity contribution >= 4 is 21.2 Å². The van der Waals surface area contributed by atoms with Gasteiger partial charge in [-0.15, -0.1) is 0 Å². The minimum Gasteiger partial charge on any atom is -0.490 e. The maximum atomic E-state index is 13.0. The van der Waals surface area contributed by atoms with Gasteiger partial charge in [-0.05, 0) is 52.0 Å². The number of ether oxygens (including phenoxy) is 1. The molecule has 0 radical (unpaired) electrons. The molecule has 0 amide bonds. The van der Waals surface area contributed by atoms with Crippen LogP contribution in [0.4, 0.5) is 11.4 Å². The van der Waals surface area contributed by atoms with Crippen LogP contribution < -0.4 is 15.4 Å². The molecule has 2 rings (SSSR count). The normalized spacial score (nSPS) is 11.4. The van der Waals surface area contributed by atoms with Crippen molar-refractivity contribution in [2.75, 3.05) is 30.3 Å². The van der Waals surface area contributed by atoms with Gasteiger partial charge in [0.2, 0.25) is 9.84 Å². The number of rotatable bonds is 7. The molecule has 136 valence electrons. The second kappa shape index (κ2) is 7.78. The van der Waals surface area contributed by atoms with E-state index in [9.17, 15) is 8.42 Å². The molecule has 0 bridgehead atoms. The number of nitrogens with zero attached hydrogens (tertiary/aromatic N) is 1. The molecule has 2 aromatic carbocycles. The molecule has 0 saturated heterocycles. The minimum absolute atomic E-state index is 0.180. The van der Waals surface area contributed by atoms with Crippen LogP contribution in [-0.2, 0) is 9.84 Å². The molecule has 2 N–H and O–H groups in total. The van der Waals surface area contributed by atoms with Gasteiger partial charge in [-0.1, -0.05) is 17.7 Å². The minimum atomic E-state index is -3.64. The first-order valence-corrected chi connectivity index (χ1v) is 9.96. The number of nitrogens with two attached hydrogens (primary N) is 1. The average Bonchev–Trinajstić information content (AvgIpc) is 2.58. The Balaban J connectivity index is 2.64. The number of benzene rings is 2. The van der Waals surface area contributed by atoms with Crippen molar-refractivity contribution in [1.82, 2.24) is 0 Å². The predicted octanol–water partition coefficient (Wildman–Crippen LogP) is 3.65. The zero-order valence-corrected chi connectivity index (χ0v) is 16.1. The number of hydrogen-bond donors (Lipinski definition) is 1. The summed E-state index contributed by atoms with van der Waals surface area (Å²) < 4.78 is 31.7. The highest BCUT2D eigenvalue weighted by Crippen LogP contribution is 2.38. The monoisotopic (exact) mass is 362 g/mol. The van der Waals surface area contributed by atoms with Gasteiger partial charge in [0.05, 0.1) is 27.8 Å². The Bertz CT molecular complexity index is 826. The summed E-state index contributed by atoms with van der Waals surface area (Å²) in [5.41, 5.74) is 8.18. The van der Waals surface area contributed by atoms with E-state index in [1.54, 1.807) is 30.3 Å². The molecule has 0 spiro atoms. The number of nitrogen functional groups attached to an aromatic ring is 1. The smallest absolute Gasteiger partial charge is 0.206 e. The number of hydrogen-bond acceptors (Lipinski definition) is 5. The van der Waals surface area contributed by atoms with E-state index in [2.05, 4.69) is 0 Å². The first-order chi connectivity index (χ1) is 11.8.